The van der Waals surface area contributed by atoms with Crippen molar-refractivity contribution in [3.63, 3.8) is 0 Å². The van der Waals surface area contributed by atoms with Crippen LogP contribution in [0.2, 0.25) is 0 Å². The average Bonchev–Trinajstić information content (AvgIpc) is 1.39. The molecule has 2 heteroatoms. The standard InChI is InChI=1S/2C2H5N/c2*1-2-3/h2*2H,1,3H2. The molecule has 0 heterocycles. The molecule has 0 aliphatic rings. The smallest absolute Gasteiger partial charge is 0.0136 e. The highest BCUT2D eigenvalue weighted by atomic mass is 14.5. The summed E-state index contributed by atoms with van der Waals surface area (Å²) in [7, 11) is 0. The number of nitrogens with two attached hydrogens (primary N) is 2. The highest BCUT2D eigenvalue weighted by Gasteiger charge is 1.09. The first-order valence-corrected chi connectivity index (χ1v) is 1.48. The van der Waals surface area contributed by atoms with E-state index in [1.54, 1.807) is 0 Å². The largest absolute Gasteiger partial charge is 0.405 e. The maximum absolute atomic E-state index is 4.61. The van der Waals surface area contributed by atoms with Crippen LogP contribution in [-0.4, -0.2) is 0 Å². The fourth-order valence-electron chi connectivity index (χ4n) is 0. The second-order valence-electron chi connectivity index (χ2n) is 0.471. The zero-order valence-corrected chi connectivity index (χ0v) is 3.72. The van der Waals surface area contributed by atoms with Gasteiger partial charge in [0.2, 0.25) is 0 Å². The summed E-state index contributed by atoms with van der Waals surface area (Å²) in [5.41, 5.74) is 9.22. The van der Waals surface area contributed by atoms with Crippen molar-refractivity contribution < 1.29 is 0 Å². The lowest BCUT2D eigenvalue weighted by Gasteiger charge is -1.40. The van der Waals surface area contributed by atoms with Crippen LogP contribution in [0.1, 0.15) is 0 Å². The lowest BCUT2D eigenvalue weighted by atomic mass is 11.1. The molecule has 0 saturated carbocycles. The Balaban J connectivity index is 0. The second-order valence-corrected chi connectivity index (χ2v) is 0.471. The van der Waals surface area contributed by atoms with E-state index in [-0.39, 0.29) is 0 Å². The van der Waals surface area contributed by atoms with Crippen molar-refractivity contribution in [1.82, 2.24) is 0 Å². The van der Waals surface area contributed by atoms with Gasteiger partial charge in [0.25, 0.3) is 0 Å². The Kier molecular flexibility index (Phi) is 49.3. The van der Waals surface area contributed by atoms with Crippen molar-refractivity contribution in [1.29, 1.82) is 0 Å². The fourth-order valence-corrected chi connectivity index (χ4v) is 0. The van der Waals surface area contributed by atoms with Gasteiger partial charge in [0.1, 0.15) is 0 Å². The molecule has 0 bridgehead atoms. The third-order valence-electron chi connectivity index (χ3n) is 0. The van der Waals surface area contributed by atoms with Gasteiger partial charge in [0, 0.05) is 0 Å². The minimum atomic E-state index is 1.25. The molecular weight excluding hydrogens is 76.1 g/mol. The molecule has 0 unspecified atom stereocenters. The van der Waals surface area contributed by atoms with E-state index < -0.39 is 0 Å². The number of hydrogen-bond donors (Lipinski definition) is 2. The predicted molar refractivity (Wildman–Crippen MR) is 28.8 cm³/mol. The summed E-state index contributed by atoms with van der Waals surface area (Å²) in [6, 6.07) is 0. The van der Waals surface area contributed by atoms with Crippen molar-refractivity contribution in [2.45, 2.75) is 0 Å². The summed E-state index contributed by atoms with van der Waals surface area (Å²) < 4.78 is 0. The molecule has 4 N–H and O–H groups in total. The summed E-state index contributed by atoms with van der Waals surface area (Å²) in [5, 5.41) is 0. The van der Waals surface area contributed by atoms with Gasteiger partial charge in [-0.05, 0) is 12.4 Å². The van der Waals surface area contributed by atoms with E-state index in [0.717, 1.165) is 0 Å². The third kappa shape index (κ3) is 15.7. The van der Waals surface area contributed by atoms with E-state index in [1.807, 2.05) is 0 Å². The van der Waals surface area contributed by atoms with E-state index in [0.29, 0.717) is 0 Å². The van der Waals surface area contributed by atoms with Crippen molar-refractivity contribution >= 4 is 0 Å². The lowest BCUT2D eigenvalue weighted by molar-refractivity contribution is 1.64. The molecule has 0 amide bonds. The SMILES string of the molecule is C=CN.C=CN. The average molecular weight is 86.1 g/mol. The van der Waals surface area contributed by atoms with Gasteiger partial charge < -0.3 is 11.5 Å². The second kappa shape index (κ2) is 33.2. The van der Waals surface area contributed by atoms with Gasteiger partial charge in [-0.25, -0.2) is 0 Å². The summed E-state index contributed by atoms with van der Waals surface area (Å²) in [4.78, 5) is 0. The number of rotatable bonds is 0. The van der Waals surface area contributed by atoms with Crippen molar-refractivity contribution in [3.8, 4) is 0 Å². The number of hydrogen-bond acceptors (Lipinski definition) is 2. The van der Waals surface area contributed by atoms with Crippen LogP contribution in [0.4, 0.5) is 0 Å². The normalized spacial score (nSPS) is 4.00. The molecule has 0 spiro atoms. The minimum absolute atomic E-state index is 1.25. The maximum Gasteiger partial charge on any atom is -0.0136 e. The summed E-state index contributed by atoms with van der Waals surface area (Å²) in [6.45, 7) is 6.28. The molecule has 36 valence electrons. The Hall–Kier alpha value is -0.920. The molecule has 6 heavy (non-hydrogen) atoms. The molecule has 2 nitrogen and oxygen atoms in total. The van der Waals surface area contributed by atoms with E-state index in [9.17, 15) is 0 Å². The Labute approximate surface area is 38.1 Å². The van der Waals surface area contributed by atoms with Gasteiger partial charge in [-0.3, -0.25) is 0 Å². The van der Waals surface area contributed by atoms with Crippen LogP contribution in [0.25, 0.3) is 0 Å². The van der Waals surface area contributed by atoms with Crippen LogP contribution in [0.5, 0.6) is 0 Å². The van der Waals surface area contributed by atoms with Gasteiger partial charge in [-0.1, -0.05) is 13.2 Å². The highest BCUT2D eigenvalue weighted by molar-refractivity contribution is 4.48. The minimum Gasteiger partial charge on any atom is -0.405 e. The van der Waals surface area contributed by atoms with E-state index >= 15 is 0 Å². The van der Waals surface area contributed by atoms with Gasteiger partial charge in [-0.2, -0.15) is 0 Å². The van der Waals surface area contributed by atoms with Gasteiger partial charge in [0.05, 0.1) is 0 Å². The van der Waals surface area contributed by atoms with Crippen molar-refractivity contribution in [2.75, 3.05) is 0 Å². The van der Waals surface area contributed by atoms with Crippen LogP contribution in [0.15, 0.2) is 25.6 Å². The summed E-state index contributed by atoms with van der Waals surface area (Å²) in [5.74, 6) is 0. The van der Waals surface area contributed by atoms with Crippen LogP contribution in [0.3, 0.4) is 0 Å². The fraction of sp³-hybridized carbons (Fsp3) is 0. The van der Waals surface area contributed by atoms with Gasteiger partial charge in [0.15, 0.2) is 0 Å². The van der Waals surface area contributed by atoms with E-state index in [1.165, 1.54) is 12.4 Å². The predicted octanol–water partition coefficient (Wildman–Crippen LogP) is 0.177. The van der Waals surface area contributed by atoms with E-state index in [4.69, 9.17) is 0 Å². The molecule has 0 aliphatic carbocycles. The monoisotopic (exact) mass is 86.1 g/mol. The quantitative estimate of drug-likeness (QED) is 0.441. The van der Waals surface area contributed by atoms with Crippen LogP contribution < -0.4 is 11.5 Å². The zero-order valence-electron chi connectivity index (χ0n) is 3.72. The van der Waals surface area contributed by atoms with Crippen molar-refractivity contribution in [3.05, 3.63) is 25.6 Å². The first kappa shape index (κ1) is 8.91. The Bertz CT molecular complexity index is 26.5. The van der Waals surface area contributed by atoms with Gasteiger partial charge in [-0.15, -0.1) is 0 Å². The van der Waals surface area contributed by atoms with Crippen LogP contribution in [0, 0.1) is 0 Å². The highest BCUT2D eigenvalue weighted by Crippen LogP contribution is 1.14. The molecule has 0 rings (SSSR count). The molecular formula is C4H10N2. The molecule has 0 fully saturated rings. The van der Waals surface area contributed by atoms with Crippen LogP contribution >= 0.6 is 0 Å². The molecule has 0 saturated heterocycles. The molecule has 0 atom stereocenters. The molecule has 0 aliphatic heterocycles. The lowest BCUT2D eigenvalue weighted by Crippen LogP contribution is -1.67. The Morgan fingerprint density at radius 2 is 1.00 bits per heavy atom. The Morgan fingerprint density at radius 3 is 1.00 bits per heavy atom. The zero-order chi connectivity index (χ0) is 5.41. The molecule has 0 aromatic rings. The topological polar surface area (TPSA) is 52.0 Å². The first-order valence-electron chi connectivity index (χ1n) is 1.48. The molecule has 0 radical (unpaired) electrons. The van der Waals surface area contributed by atoms with Crippen LogP contribution in [-0.2, 0) is 0 Å². The van der Waals surface area contributed by atoms with Gasteiger partial charge >= 0.3 is 0 Å². The summed E-state index contributed by atoms with van der Waals surface area (Å²) in [6.07, 6.45) is 2.50. The third-order valence-corrected chi connectivity index (χ3v) is 0. The first-order chi connectivity index (χ1) is 2.83. The molecule has 0 aromatic heterocycles. The van der Waals surface area contributed by atoms with Crippen molar-refractivity contribution in [2.24, 2.45) is 11.5 Å². The molecule has 0 aromatic carbocycles. The maximum atomic E-state index is 4.61. The van der Waals surface area contributed by atoms with E-state index in [2.05, 4.69) is 24.6 Å². The Morgan fingerprint density at radius 1 is 1.00 bits per heavy atom. The summed E-state index contributed by atoms with van der Waals surface area (Å²) >= 11 is 0.